The standard InChI is InChI=1S/C10H18BO7P/c1-10(2,3)5-16-19(14,15)18-6-4-7(11)17-8(6)9(12)13/h6-8H,4-5H2,1-3H3,(H,12,13)(H,14,15)/p-1/t6-,7-,8+/m1/s1. The van der Waals surface area contributed by atoms with E-state index in [9.17, 15) is 14.3 Å². The van der Waals surface area contributed by atoms with Crippen molar-refractivity contribution in [3.63, 3.8) is 0 Å². The first kappa shape index (κ1) is 16.7. The molecule has 1 unspecified atom stereocenters. The van der Waals surface area contributed by atoms with E-state index in [4.69, 9.17) is 26.7 Å². The largest absolute Gasteiger partial charge is 0.756 e. The third-order valence-electron chi connectivity index (χ3n) is 2.29. The molecule has 9 heteroatoms. The molecule has 7 nitrogen and oxygen atoms in total. The number of aliphatic carboxylic acids is 1. The lowest BCUT2D eigenvalue weighted by Gasteiger charge is -2.30. The molecular weight excluding hydrogens is 274 g/mol. The van der Waals surface area contributed by atoms with Crippen LogP contribution in [0.5, 0.6) is 0 Å². The predicted molar refractivity (Wildman–Crippen MR) is 64.6 cm³/mol. The second-order valence-corrected chi connectivity index (χ2v) is 6.96. The van der Waals surface area contributed by atoms with Gasteiger partial charge in [-0.1, -0.05) is 20.8 Å². The highest BCUT2D eigenvalue weighted by Crippen LogP contribution is 2.44. The second kappa shape index (κ2) is 5.93. The number of carboxylic acid groups (broad SMARTS) is 1. The van der Waals surface area contributed by atoms with Gasteiger partial charge >= 0.3 is 5.97 Å². The van der Waals surface area contributed by atoms with Crippen molar-refractivity contribution in [2.45, 2.75) is 45.4 Å². The Morgan fingerprint density at radius 3 is 2.63 bits per heavy atom. The van der Waals surface area contributed by atoms with E-state index >= 15 is 0 Å². The topological polar surface area (TPSA) is 105 Å². The Balaban J connectivity index is 2.61. The fraction of sp³-hybridized carbons (Fsp3) is 0.900. The minimum absolute atomic E-state index is 0.0257. The molecule has 1 saturated heterocycles. The molecule has 0 aromatic carbocycles. The van der Waals surface area contributed by atoms with Crippen LogP contribution in [0, 0.1) is 5.41 Å². The van der Waals surface area contributed by atoms with Crippen LogP contribution in [0.2, 0.25) is 0 Å². The van der Waals surface area contributed by atoms with Crippen molar-refractivity contribution in [1.29, 1.82) is 0 Å². The molecule has 1 aliphatic heterocycles. The molecule has 0 aromatic rings. The summed E-state index contributed by atoms with van der Waals surface area (Å²) in [5.74, 6) is -1.33. The van der Waals surface area contributed by atoms with Crippen molar-refractivity contribution in [3.05, 3.63) is 0 Å². The lowest BCUT2D eigenvalue weighted by Crippen LogP contribution is -2.33. The number of carbonyl (C=O) groups is 1. The Kier molecular flexibility index (Phi) is 5.20. The summed E-state index contributed by atoms with van der Waals surface area (Å²) in [5.41, 5.74) is -0.363. The molecule has 1 fully saturated rings. The molecule has 4 atom stereocenters. The first-order valence-electron chi connectivity index (χ1n) is 5.78. The van der Waals surface area contributed by atoms with E-state index in [0.29, 0.717) is 0 Å². The van der Waals surface area contributed by atoms with Crippen molar-refractivity contribution >= 4 is 21.6 Å². The van der Waals surface area contributed by atoms with Gasteiger partial charge in [-0.25, -0.2) is 4.79 Å². The summed E-state index contributed by atoms with van der Waals surface area (Å²) in [6, 6.07) is -0.867. The molecule has 19 heavy (non-hydrogen) atoms. The number of carboxylic acids is 1. The fourth-order valence-corrected chi connectivity index (χ4v) is 2.60. The van der Waals surface area contributed by atoms with Crippen LogP contribution in [-0.4, -0.2) is 43.7 Å². The highest BCUT2D eigenvalue weighted by molar-refractivity contribution is 7.45. The second-order valence-electron chi connectivity index (χ2n) is 5.59. The summed E-state index contributed by atoms with van der Waals surface area (Å²) in [6.45, 7) is 5.32. The molecule has 1 N–H and O–H groups in total. The summed E-state index contributed by atoms with van der Waals surface area (Å²) in [5, 5.41) is 8.86. The van der Waals surface area contributed by atoms with Gasteiger partial charge in [-0.15, -0.1) is 0 Å². The molecule has 0 spiro atoms. The average Bonchev–Trinajstić information content (AvgIpc) is 2.55. The van der Waals surface area contributed by atoms with Gasteiger partial charge in [0.25, 0.3) is 7.82 Å². The summed E-state index contributed by atoms with van der Waals surface area (Å²) in [4.78, 5) is 22.5. The van der Waals surface area contributed by atoms with Crippen molar-refractivity contribution in [2.75, 3.05) is 6.61 Å². The third-order valence-corrected chi connectivity index (χ3v) is 3.26. The number of ether oxygens (including phenoxy) is 1. The van der Waals surface area contributed by atoms with Gasteiger partial charge in [0.1, 0.15) is 14.0 Å². The summed E-state index contributed by atoms with van der Waals surface area (Å²) >= 11 is 0. The molecule has 1 aliphatic rings. The van der Waals surface area contributed by atoms with E-state index in [1.807, 2.05) is 0 Å². The van der Waals surface area contributed by atoms with E-state index in [-0.39, 0.29) is 18.4 Å². The van der Waals surface area contributed by atoms with Crippen LogP contribution in [0.4, 0.5) is 0 Å². The minimum atomic E-state index is -4.59. The van der Waals surface area contributed by atoms with Gasteiger partial charge in [-0.05, 0) is 11.8 Å². The molecule has 108 valence electrons. The Morgan fingerprint density at radius 2 is 2.16 bits per heavy atom. The van der Waals surface area contributed by atoms with Crippen molar-refractivity contribution < 1.29 is 33.1 Å². The molecule has 1 heterocycles. The van der Waals surface area contributed by atoms with Crippen LogP contribution in [0.15, 0.2) is 0 Å². The van der Waals surface area contributed by atoms with E-state index in [2.05, 4.69) is 0 Å². The molecule has 1 rings (SSSR count). The first-order chi connectivity index (χ1) is 8.50. The van der Waals surface area contributed by atoms with E-state index in [1.165, 1.54) is 0 Å². The lowest BCUT2D eigenvalue weighted by atomic mass is 9.96. The fourth-order valence-electron chi connectivity index (χ4n) is 1.47. The van der Waals surface area contributed by atoms with Gasteiger partial charge < -0.3 is 23.8 Å². The minimum Gasteiger partial charge on any atom is -0.756 e. The van der Waals surface area contributed by atoms with E-state index in [1.54, 1.807) is 20.8 Å². The first-order valence-corrected chi connectivity index (χ1v) is 7.24. The number of phosphoric ester groups is 1. The van der Waals surface area contributed by atoms with Gasteiger partial charge in [-0.2, -0.15) is 0 Å². The third kappa shape index (κ3) is 5.63. The number of hydrogen-bond donors (Lipinski definition) is 1. The van der Waals surface area contributed by atoms with E-state index < -0.39 is 32.0 Å². The van der Waals surface area contributed by atoms with Crippen LogP contribution in [0.25, 0.3) is 0 Å². The zero-order valence-electron chi connectivity index (χ0n) is 11.1. The SMILES string of the molecule is [B][C@H]1C[C@@H](OP(=O)([O-])OCC(C)(C)C)[C@@H](C(=O)O)O1. The summed E-state index contributed by atoms with van der Waals surface area (Å²) in [6.07, 6.45) is -2.60. The summed E-state index contributed by atoms with van der Waals surface area (Å²) in [7, 11) is 0.827. The van der Waals surface area contributed by atoms with Crippen molar-refractivity contribution in [3.8, 4) is 0 Å². The predicted octanol–water partition coefficient (Wildman–Crippen LogP) is 0.271. The molecule has 0 aliphatic carbocycles. The summed E-state index contributed by atoms with van der Waals surface area (Å²) < 4.78 is 25.9. The van der Waals surface area contributed by atoms with E-state index in [0.717, 1.165) is 0 Å². The molecule has 0 bridgehead atoms. The molecule has 0 aromatic heterocycles. The number of hydrogen-bond acceptors (Lipinski definition) is 6. The Labute approximate surface area is 113 Å². The van der Waals surface area contributed by atoms with Crippen LogP contribution in [-0.2, 0) is 23.1 Å². The Bertz CT molecular complexity index is 381. The maximum absolute atomic E-state index is 11.6. The number of phosphoric acid groups is 1. The molecule has 0 amide bonds. The maximum atomic E-state index is 11.6. The monoisotopic (exact) mass is 291 g/mol. The van der Waals surface area contributed by atoms with Crippen LogP contribution in [0.3, 0.4) is 0 Å². The smallest absolute Gasteiger partial charge is 0.335 e. The maximum Gasteiger partial charge on any atom is 0.335 e. The zero-order chi connectivity index (χ0) is 14.8. The van der Waals surface area contributed by atoms with Gasteiger partial charge in [-0.3, -0.25) is 4.57 Å². The van der Waals surface area contributed by atoms with Gasteiger partial charge in [0.2, 0.25) is 0 Å². The molecule has 0 saturated carbocycles. The lowest BCUT2D eigenvalue weighted by molar-refractivity contribution is -0.232. The quantitative estimate of drug-likeness (QED) is 0.572. The average molecular weight is 291 g/mol. The van der Waals surface area contributed by atoms with Crippen molar-refractivity contribution in [2.24, 2.45) is 5.41 Å². The van der Waals surface area contributed by atoms with Gasteiger partial charge in [0.15, 0.2) is 6.10 Å². The molecule has 2 radical (unpaired) electrons. The van der Waals surface area contributed by atoms with Crippen molar-refractivity contribution in [1.82, 2.24) is 0 Å². The molecular formula is C10H17BO7P-. The van der Waals surface area contributed by atoms with Crippen LogP contribution >= 0.6 is 7.82 Å². The Morgan fingerprint density at radius 1 is 1.58 bits per heavy atom. The Hall–Kier alpha value is -0.395. The van der Waals surface area contributed by atoms with Crippen LogP contribution < -0.4 is 4.89 Å². The highest BCUT2D eigenvalue weighted by Gasteiger charge is 2.40. The van der Waals surface area contributed by atoms with Gasteiger partial charge in [0.05, 0.1) is 6.61 Å². The number of rotatable bonds is 5. The van der Waals surface area contributed by atoms with Crippen LogP contribution in [0.1, 0.15) is 27.2 Å². The normalized spacial score (nSPS) is 31.1. The zero-order valence-corrected chi connectivity index (χ0v) is 12.0. The van der Waals surface area contributed by atoms with Gasteiger partial charge in [0, 0.05) is 6.00 Å². The highest BCUT2D eigenvalue weighted by atomic mass is 31.2.